The second-order valence-corrected chi connectivity index (χ2v) is 7.20. The number of anilines is 2. The third-order valence-corrected chi connectivity index (χ3v) is 5.44. The lowest BCUT2D eigenvalue weighted by molar-refractivity contribution is -0.120. The van der Waals surface area contributed by atoms with Gasteiger partial charge in [-0.15, -0.1) is 0 Å². The van der Waals surface area contributed by atoms with Gasteiger partial charge < -0.3 is 10.2 Å². The first kappa shape index (κ1) is 15.8. The molecule has 3 aromatic rings. The van der Waals surface area contributed by atoms with Crippen molar-refractivity contribution in [2.75, 3.05) is 23.3 Å². The molecule has 0 saturated carbocycles. The van der Waals surface area contributed by atoms with Crippen molar-refractivity contribution in [3.63, 3.8) is 0 Å². The van der Waals surface area contributed by atoms with Gasteiger partial charge in [0.25, 0.3) is 0 Å². The second kappa shape index (κ2) is 6.29. The Labute approximate surface area is 149 Å². The van der Waals surface area contributed by atoms with Gasteiger partial charge in [-0.3, -0.25) is 9.59 Å². The maximum Gasteiger partial charge on any atom is 0.231 e. The van der Waals surface area contributed by atoms with Crippen molar-refractivity contribution in [2.45, 2.75) is 6.92 Å². The van der Waals surface area contributed by atoms with Crippen molar-refractivity contribution < 1.29 is 9.59 Å². The Kier molecular flexibility index (Phi) is 3.97. The van der Waals surface area contributed by atoms with Crippen molar-refractivity contribution in [1.82, 2.24) is 4.98 Å². The van der Waals surface area contributed by atoms with Gasteiger partial charge in [0.1, 0.15) is 0 Å². The Morgan fingerprint density at radius 2 is 1.96 bits per heavy atom. The number of Topliss-reactive ketones (excluding diaryl/α,β-unsaturated/α-hetero) is 1. The van der Waals surface area contributed by atoms with Crippen molar-refractivity contribution in [3.8, 4) is 0 Å². The van der Waals surface area contributed by atoms with Gasteiger partial charge in [0.05, 0.1) is 16.1 Å². The van der Waals surface area contributed by atoms with E-state index >= 15 is 0 Å². The van der Waals surface area contributed by atoms with Gasteiger partial charge in [-0.05, 0) is 31.2 Å². The number of carbonyl (C=O) groups is 2. The molecule has 1 aliphatic rings. The molecule has 0 bridgehead atoms. The fourth-order valence-corrected chi connectivity index (χ4v) is 3.84. The Morgan fingerprint density at radius 1 is 1.16 bits per heavy atom. The summed E-state index contributed by atoms with van der Waals surface area (Å²) in [5, 5.41) is 3.86. The van der Waals surface area contributed by atoms with Gasteiger partial charge in [0.2, 0.25) is 5.91 Å². The molecule has 25 heavy (non-hydrogen) atoms. The number of nitrogens with zero attached hydrogens (tertiary/aromatic N) is 2. The number of rotatable bonds is 4. The highest BCUT2D eigenvalue weighted by Crippen LogP contribution is 2.33. The Morgan fingerprint density at radius 3 is 2.72 bits per heavy atom. The summed E-state index contributed by atoms with van der Waals surface area (Å²) in [4.78, 5) is 30.6. The molecule has 6 heteroatoms. The number of benzene rings is 2. The first-order valence-corrected chi connectivity index (χ1v) is 8.94. The SMILES string of the molecule is CC(=O)c1cccc(NC(=O)C2CN(c3nc4ccccc4s3)C2)c1. The van der Waals surface area contributed by atoms with Crippen LogP contribution in [0.25, 0.3) is 10.2 Å². The summed E-state index contributed by atoms with van der Waals surface area (Å²) in [6.07, 6.45) is 0. The van der Waals surface area contributed by atoms with Crippen molar-refractivity contribution in [2.24, 2.45) is 5.92 Å². The molecule has 1 aliphatic heterocycles. The molecule has 0 spiro atoms. The topological polar surface area (TPSA) is 62.3 Å². The standard InChI is InChI=1S/C19H17N3O2S/c1-12(23)13-5-4-6-15(9-13)20-18(24)14-10-22(11-14)19-21-16-7-2-3-8-17(16)25-19/h2-9,14H,10-11H2,1H3,(H,20,24). The number of nitrogens with one attached hydrogen (secondary N) is 1. The van der Waals surface area contributed by atoms with Crippen LogP contribution in [0.3, 0.4) is 0 Å². The minimum atomic E-state index is -0.0620. The summed E-state index contributed by atoms with van der Waals surface area (Å²) in [7, 11) is 0. The lowest BCUT2D eigenvalue weighted by Gasteiger charge is -2.37. The van der Waals surface area contributed by atoms with Gasteiger partial charge in [-0.2, -0.15) is 0 Å². The Balaban J connectivity index is 1.39. The fourth-order valence-electron chi connectivity index (χ4n) is 2.86. The molecule has 0 unspecified atom stereocenters. The van der Waals surface area contributed by atoms with Crippen molar-refractivity contribution in [3.05, 3.63) is 54.1 Å². The molecule has 1 amide bonds. The van der Waals surface area contributed by atoms with Crippen LogP contribution in [0.15, 0.2) is 48.5 Å². The van der Waals surface area contributed by atoms with Gasteiger partial charge in [-0.1, -0.05) is 35.6 Å². The summed E-state index contributed by atoms with van der Waals surface area (Å²) in [5.74, 6) is -0.0900. The van der Waals surface area contributed by atoms with E-state index in [9.17, 15) is 9.59 Å². The molecular formula is C19H17N3O2S. The number of para-hydroxylation sites is 1. The maximum atomic E-state index is 12.4. The smallest absolute Gasteiger partial charge is 0.231 e. The lowest BCUT2D eigenvalue weighted by Crippen LogP contribution is -2.52. The summed E-state index contributed by atoms with van der Waals surface area (Å²) in [5.41, 5.74) is 2.26. The third kappa shape index (κ3) is 3.13. The van der Waals surface area contributed by atoms with Crippen LogP contribution in [0, 0.1) is 5.92 Å². The van der Waals surface area contributed by atoms with Gasteiger partial charge in [0, 0.05) is 24.3 Å². The summed E-state index contributed by atoms with van der Waals surface area (Å²) >= 11 is 1.65. The highest BCUT2D eigenvalue weighted by Gasteiger charge is 2.34. The van der Waals surface area contributed by atoms with Crippen LogP contribution in [-0.4, -0.2) is 29.8 Å². The zero-order valence-corrected chi connectivity index (χ0v) is 14.5. The largest absolute Gasteiger partial charge is 0.346 e. The Bertz CT molecular complexity index is 927. The van der Waals surface area contributed by atoms with Crippen LogP contribution in [-0.2, 0) is 4.79 Å². The predicted octanol–water partition coefficient (Wildman–Crippen LogP) is 3.57. The number of thiazole rings is 1. The highest BCUT2D eigenvalue weighted by molar-refractivity contribution is 7.22. The van der Waals surface area contributed by atoms with E-state index < -0.39 is 0 Å². The number of ketones is 1. The molecule has 1 fully saturated rings. The van der Waals surface area contributed by atoms with E-state index in [1.807, 2.05) is 18.2 Å². The normalized spacial score (nSPS) is 14.4. The average Bonchev–Trinajstić information content (AvgIpc) is 2.97. The van der Waals surface area contributed by atoms with Crippen LogP contribution >= 0.6 is 11.3 Å². The number of aromatic nitrogens is 1. The van der Waals surface area contributed by atoms with Gasteiger partial charge in [-0.25, -0.2) is 4.98 Å². The minimum Gasteiger partial charge on any atom is -0.346 e. The molecule has 1 N–H and O–H groups in total. The molecule has 4 rings (SSSR count). The minimum absolute atomic E-state index is 0.0123. The van der Waals surface area contributed by atoms with E-state index in [0.717, 1.165) is 15.3 Å². The van der Waals surface area contributed by atoms with Gasteiger partial charge in [0.15, 0.2) is 10.9 Å². The van der Waals surface area contributed by atoms with E-state index in [4.69, 9.17) is 0 Å². The van der Waals surface area contributed by atoms with E-state index in [-0.39, 0.29) is 17.6 Å². The first-order chi connectivity index (χ1) is 12.1. The summed E-state index contributed by atoms with van der Waals surface area (Å²) in [6.45, 7) is 2.85. The number of hydrogen-bond acceptors (Lipinski definition) is 5. The zero-order valence-electron chi connectivity index (χ0n) is 13.7. The molecule has 0 atom stereocenters. The van der Waals surface area contributed by atoms with Crippen LogP contribution in [0.1, 0.15) is 17.3 Å². The maximum absolute atomic E-state index is 12.4. The van der Waals surface area contributed by atoms with Gasteiger partial charge >= 0.3 is 0 Å². The number of carbonyl (C=O) groups excluding carboxylic acids is 2. The number of fused-ring (bicyclic) bond motifs is 1. The average molecular weight is 351 g/mol. The van der Waals surface area contributed by atoms with Crippen LogP contribution in [0.4, 0.5) is 10.8 Å². The third-order valence-electron chi connectivity index (χ3n) is 4.34. The molecule has 0 radical (unpaired) electrons. The second-order valence-electron chi connectivity index (χ2n) is 6.19. The van der Waals surface area contributed by atoms with E-state index in [0.29, 0.717) is 24.3 Å². The molecular weight excluding hydrogens is 334 g/mol. The molecule has 126 valence electrons. The molecule has 2 heterocycles. The van der Waals surface area contributed by atoms with E-state index in [2.05, 4.69) is 21.3 Å². The summed E-state index contributed by atoms with van der Waals surface area (Å²) < 4.78 is 1.16. The quantitative estimate of drug-likeness (QED) is 0.730. The predicted molar refractivity (Wildman–Crippen MR) is 100 cm³/mol. The zero-order chi connectivity index (χ0) is 17.4. The summed E-state index contributed by atoms with van der Waals surface area (Å²) in [6, 6.07) is 15.1. The fraction of sp³-hybridized carbons (Fsp3) is 0.211. The Hall–Kier alpha value is -2.73. The van der Waals surface area contributed by atoms with E-state index in [1.54, 1.807) is 35.6 Å². The first-order valence-electron chi connectivity index (χ1n) is 8.12. The van der Waals surface area contributed by atoms with Crippen molar-refractivity contribution >= 4 is 44.1 Å². The van der Waals surface area contributed by atoms with Crippen LogP contribution < -0.4 is 10.2 Å². The highest BCUT2D eigenvalue weighted by atomic mass is 32.1. The molecule has 5 nitrogen and oxygen atoms in total. The van der Waals surface area contributed by atoms with Crippen LogP contribution in [0.2, 0.25) is 0 Å². The monoisotopic (exact) mass is 351 g/mol. The molecule has 1 aromatic heterocycles. The van der Waals surface area contributed by atoms with E-state index in [1.165, 1.54) is 6.92 Å². The van der Waals surface area contributed by atoms with Crippen molar-refractivity contribution in [1.29, 1.82) is 0 Å². The number of amides is 1. The molecule has 0 aliphatic carbocycles. The lowest BCUT2D eigenvalue weighted by atomic mass is 10.00. The van der Waals surface area contributed by atoms with Crippen LogP contribution in [0.5, 0.6) is 0 Å². The number of hydrogen-bond donors (Lipinski definition) is 1. The molecule has 1 saturated heterocycles. The molecule has 2 aromatic carbocycles.